The van der Waals surface area contributed by atoms with E-state index in [9.17, 15) is 9.59 Å². The summed E-state index contributed by atoms with van der Waals surface area (Å²) < 4.78 is 5.61. The van der Waals surface area contributed by atoms with Crippen LogP contribution < -0.4 is 5.32 Å². The van der Waals surface area contributed by atoms with Crippen LogP contribution in [0, 0.1) is 11.3 Å². The molecule has 0 bridgehead atoms. The molecule has 1 N–H and O–H groups in total. The second-order valence-corrected chi connectivity index (χ2v) is 12.6. The number of aromatic nitrogens is 2. The smallest absolute Gasteiger partial charge is 0.250 e. The molecule has 0 saturated carbocycles. The fourth-order valence-electron chi connectivity index (χ4n) is 5.22. The molecule has 0 unspecified atom stereocenters. The minimum Gasteiger partial charge on any atom is -0.344 e. The first-order chi connectivity index (χ1) is 19.2. The van der Waals surface area contributed by atoms with Crippen molar-refractivity contribution in [3.05, 3.63) is 36.2 Å². The maximum atomic E-state index is 13.4. The summed E-state index contributed by atoms with van der Waals surface area (Å²) in [4.78, 5) is 30.0. The molecule has 2 rings (SSSR count). The van der Waals surface area contributed by atoms with Crippen molar-refractivity contribution in [2.75, 3.05) is 0 Å². The van der Waals surface area contributed by atoms with Crippen molar-refractivity contribution in [2.45, 2.75) is 143 Å². The molecule has 0 fully saturated rings. The summed E-state index contributed by atoms with van der Waals surface area (Å²) >= 11 is 0. The zero-order valence-corrected chi connectivity index (χ0v) is 26.0. The van der Waals surface area contributed by atoms with Gasteiger partial charge < -0.3 is 14.6 Å². The highest BCUT2D eigenvalue weighted by atomic mass is 16.5. The molecule has 1 heterocycles. The third kappa shape index (κ3) is 13.2. The number of hydrogen-bond donors (Lipinski definition) is 1. The lowest BCUT2D eigenvalue weighted by Crippen LogP contribution is -2.40. The number of hydrogen-bond acceptors (Lipinski definition) is 5. The van der Waals surface area contributed by atoms with Gasteiger partial charge >= 0.3 is 0 Å². The number of unbranched alkanes of at least 4 members (excludes halogenated alkanes) is 13. The number of carbonyl (C=O) groups excluding carboxylic acids is 2. The first-order valence-electron chi connectivity index (χ1n) is 15.9. The molecule has 40 heavy (non-hydrogen) atoms. The minimum absolute atomic E-state index is 0.0435. The van der Waals surface area contributed by atoms with Gasteiger partial charge in [0, 0.05) is 17.9 Å². The molecule has 6 nitrogen and oxygen atoms in total. The third-order valence-electron chi connectivity index (χ3n) is 7.68. The van der Waals surface area contributed by atoms with Gasteiger partial charge in [-0.25, -0.2) is 0 Å². The topological polar surface area (TPSA) is 85.1 Å². The summed E-state index contributed by atoms with van der Waals surface area (Å²) in [6, 6.07) is 9.21. The van der Waals surface area contributed by atoms with Gasteiger partial charge in [-0.05, 0) is 18.8 Å². The van der Waals surface area contributed by atoms with E-state index in [1.165, 1.54) is 77.0 Å². The van der Waals surface area contributed by atoms with Crippen LogP contribution in [0.15, 0.2) is 34.9 Å². The van der Waals surface area contributed by atoms with E-state index in [0.717, 1.165) is 24.8 Å². The number of carbonyl (C=O) groups is 2. The van der Waals surface area contributed by atoms with Gasteiger partial charge in [0.2, 0.25) is 17.6 Å². The highest BCUT2D eigenvalue weighted by Crippen LogP contribution is 2.33. The Kier molecular flexibility index (Phi) is 15.8. The van der Waals surface area contributed by atoms with Crippen LogP contribution in [-0.4, -0.2) is 21.8 Å². The van der Waals surface area contributed by atoms with E-state index in [1.807, 2.05) is 51.1 Å². The molecular formula is C34H55N3O3. The van der Waals surface area contributed by atoms with Crippen LogP contribution in [0.5, 0.6) is 0 Å². The Balaban J connectivity index is 1.77. The van der Waals surface area contributed by atoms with Gasteiger partial charge in [-0.15, -0.1) is 0 Å². The van der Waals surface area contributed by atoms with Gasteiger partial charge in [0.1, 0.15) is 11.8 Å². The van der Waals surface area contributed by atoms with Crippen LogP contribution in [0.1, 0.15) is 149 Å². The zero-order chi connectivity index (χ0) is 29.2. The molecule has 0 radical (unpaired) electrons. The zero-order valence-electron chi connectivity index (χ0n) is 26.0. The Morgan fingerprint density at radius 3 is 1.85 bits per heavy atom. The van der Waals surface area contributed by atoms with E-state index in [4.69, 9.17) is 4.52 Å². The lowest BCUT2D eigenvalue weighted by Gasteiger charge is -2.30. The summed E-state index contributed by atoms with van der Waals surface area (Å²) in [6.45, 7) is 9.95. The number of rotatable bonds is 21. The molecule has 0 aliphatic heterocycles. The van der Waals surface area contributed by atoms with Crippen LogP contribution in [0.2, 0.25) is 0 Å². The Bertz CT molecular complexity index is 964. The second-order valence-electron chi connectivity index (χ2n) is 12.6. The molecule has 224 valence electrons. The van der Waals surface area contributed by atoms with Gasteiger partial charge in [-0.1, -0.05) is 153 Å². The Labute approximate surface area is 243 Å². The van der Waals surface area contributed by atoms with Crippen molar-refractivity contribution in [1.29, 1.82) is 0 Å². The molecular weight excluding hydrogens is 498 g/mol. The van der Waals surface area contributed by atoms with E-state index in [2.05, 4.69) is 22.4 Å². The Morgan fingerprint density at radius 1 is 0.825 bits per heavy atom. The first-order valence-corrected chi connectivity index (χ1v) is 15.9. The SMILES string of the molecule is CCCCCCCCCCCCCCCC[C@H](CC(C)=O)C(=O)N[C@H](c1nc(-c2ccccc2)no1)C(C)(C)C. The van der Waals surface area contributed by atoms with E-state index in [-0.39, 0.29) is 29.4 Å². The van der Waals surface area contributed by atoms with E-state index in [1.54, 1.807) is 6.92 Å². The standard InChI is InChI=1S/C34H55N3O3/c1-6-7-8-9-10-11-12-13-14-15-16-17-18-20-25-29(26-27(2)38)32(39)35-30(34(3,4)5)33-36-31(37-40-33)28-23-21-19-22-24-28/h19,21-24,29-30H,6-18,20,25-26H2,1-5H3,(H,35,39)/t29-,30-/m1/s1. The summed E-state index contributed by atoms with van der Waals surface area (Å²) in [5.41, 5.74) is 0.523. The third-order valence-corrected chi connectivity index (χ3v) is 7.68. The number of nitrogens with one attached hydrogen (secondary N) is 1. The van der Waals surface area contributed by atoms with Crippen molar-refractivity contribution in [3.63, 3.8) is 0 Å². The van der Waals surface area contributed by atoms with Gasteiger partial charge in [-0.2, -0.15) is 4.98 Å². The molecule has 2 aromatic rings. The minimum atomic E-state index is -0.448. The molecule has 6 heteroatoms. The number of benzene rings is 1. The maximum Gasteiger partial charge on any atom is 0.250 e. The monoisotopic (exact) mass is 553 g/mol. The lowest BCUT2D eigenvalue weighted by molar-refractivity contribution is -0.130. The van der Waals surface area contributed by atoms with Crippen molar-refractivity contribution < 1.29 is 14.1 Å². The molecule has 0 aliphatic carbocycles. The largest absolute Gasteiger partial charge is 0.344 e. The van der Waals surface area contributed by atoms with E-state index < -0.39 is 6.04 Å². The fourth-order valence-corrected chi connectivity index (χ4v) is 5.22. The summed E-state index contributed by atoms with van der Waals surface area (Å²) in [5.74, 6) is 0.488. The van der Waals surface area contributed by atoms with E-state index in [0.29, 0.717) is 11.7 Å². The quantitative estimate of drug-likeness (QED) is 0.156. The van der Waals surface area contributed by atoms with Crippen molar-refractivity contribution in [1.82, 2.24) is 15.5 Å². The number of amides is 1. The van der Waals surface area contributed by atoms with E-state index >= 15 is 0 Å². The van der Waals surface area contributed by atoms with Crippen LogP contribution in [0.4, 0.5) is 0 Å². The maximum absolute atomic E-state index is 13.4. The van der Waals surface area contributed by atoms with Gasteiger partial charge in [0.15, 0.2) is 0 Å². The van der Waals surface area contributed by atoms with Crippen LogP contribution >= 0.6 is 0 Å². The van der Waals surface area contributed by atoms with Gasteiger partial charge in [-0.3, -0.25) is 4.79 Å². The number of nitrogens with zero attached hydrogens (tertiary/aromatic N) is 2. The summed E-state index contributed by atoms with van der Waals surface area (Å²) in [6.07, 6.45) is 19.2. The molecule has 0 spiro atoms. The lowest BCUT2D eigenvalue weighted by atomic mass is 9.85. The highest BCUT2D eigenvalue weighted by Gasteiger charge is 2.34. The number of ketones is 1. The van der Waals surface area contributed by atoms with Gasteiger partial charge in [0.05, 0.1) is 0 Å². The predicted octanol–water partition coefficient (Wildman–Crippen LogP) is 9.41. The van der Waals surface area contributed by atoms with Crippen LogP contribution in [0.25, 0.3) is 11.4 Å². The molecule has 2 atom stereocenters. The highest BCUT2D eigenvalue weighted by molar-refractivity contribution is 5.85. The normalized spacial score (nSPS) is 13.2. The molecule has 1 aromatic carbocycles. The second kappa shape index (κ2) is 18.8. The van der Waals surface area contributed by atoms with Crippen LogP contribution in [0.3, 0.4) is 0 Å². The first kappa shape index (κ1) is 33.7. The average molecular weight is 554 g/mol. The Morgan fingerprint density at radius 2 is 1.35 bits per heavy atom. The molecule has 1 amide bonds. The van der Waals surface area contributed by atoms with Crippen molar-refractivity contribution >= 4 is 11.7 Å². The molecule has 0 saturated heterocycles. The molecule has 0 aliphatic rings. The predicted molar refractivity (Wildman–Crippen MR) is 164 cm³/mol. The van der Waals surface area contributed by atoms with Crippen molar-refractivity contribution in [3.8, 4) is 11.4 Å². The summed E-state index contributed by atoms with van der Waals surface area (Å²) in [7, 11) is 0. The molecule has 1 aromatic heterocycles. The van der Waals surface area contributed by atoms with Crippen molar-refractivity contribution in [2.24, 2.45) is 11.3 Å². The summed E-state index contributed by atoms with van der Waals surface area (Å²) in [5, 5.41) is 7.30. The van der Waals surface area contributed by atoms with Gasteiger partial charge in [0.25, 0.3) is 0 Å². The Hall–Kier alpha value is -2.50. The van der Waals surface area contributed by atoms with Crippen LogP contribution in [-0.2, 0) is 9.59 Å². The fraction of sp³-hybridized carbons (Fsp3) is 0.706. The number of Topliss-reactive ketones (excluding diaryl/α,β-unsaturated/α-hetero) is 1. The average Bonchev–Trinajstić information content (AvgIpc) is 3.40.